The van der Waals surface area contributed by atoms with E-state index in [4.69, 9.17) is 10.1 Å². The van der Waals surface area contributed by atoms with E-state index in [1.807, 2.05) is 61.3 Å². The van der Waals surface area contributed by atoms with Crippen molar-refractivity contribution in [2.75, 3.05) is 17.3 Å². The van der Waals surface area contributed by atoms with Crippen LogP contribution >= 0.6 is 0 Å². The van der Waals surface area contributed by atoms with Crippen molar-refractivity contribution in [3.63, 3.8) is 0 Å². The highest BCUT2D eigenvalue weighted by molar-refractivity contribution is 7.89. The molecular weight excluding hydrogens is 490 g/mol. The zero-order valence-corrected chi connectivity index (χ0v) is 21.0. The van der Waals surface area contributed by atoms with Gasteiger partial charge in [0.15, 0.2) is 5.65 Å². The molecular formula is C25H25N9O2S. The van der Waals surface area contributed by atoms with E-state index in [-0.39, 0.29) is 10.9 Å². The number of anilines is 3. The predicted octanol–water partition coefficient (Wildman–Crippen LogP) is 3.04. The van der Waals surface area contributed by atoms with Crippen molar-refractivity contribution in [3.05, 3.63) is 84.8 Å². The minimum absolute atomic E-state index is 0.0849. The average molecular weight is 516 g/mol. The summed E-state index contributed by atoms with van der Waals surface area (Å²) in [6.45, 7) is 1.97. The average Bonchev–Trinajstić information content (AvgIpc) is 3.37. The zero-order chi connectivity index (χ0) is 26.0. The van der Waals surface area contributed by atoms with Gasteiger partial charge in [-0.25, -0.2) is 28.5 Å². The number of primary sulfonamides is 1. The topological polar surface area (TPSA) is 144 Å². The molecule has 0 aliphatic rings. The Morgan fingerprint density at radius 3 is 2.62 bits per heavy atom. The molecule has 5 rings (SSSR count). The molecule has 2 aromatic carbocycles. The van der Waals surface area contributed by atoms with Crippen LogP contribution in [-0.4, -0.2) is 51.1 Å². The number of benzene rings is 2. The van der Waals surface area contributed by atoms with Gasteiger partial charge in [-0.15, -0.1) is 0 Å². The van der Waals surface area contributed by atoms with Crippen LogP contribution in [0, 0.1) is 0 Å². The molecule has 0 bridgehead atoms. The summed E-state index contributed by atoms with van der Waals surface area (Å²) in [5, 5.41) is 12.9. The summed E-state index contributed by atoms with van der Waals surface area (Å²) in [4.78, 5) is 20.1. The number of rotatable bonds is 8. The predicted molar refractivity (Wildman–Crippen MR) is 141 cm³/mol. The molecule has 0 amide bonds. The van der Waals surface area contributed by atoms with Gasteiger partial charge in [-0.3, -0.25) is 4.90 Å². The summed E-state index contributed by atoms with van der Waals surface area (Å²) >= 11 is 0. The first kappa shape index (κ1) is 24.3. The Hall–Kier alpha value is -4.42. The van der Waals surface area contributed by atoms with Crippen LogP contribution in [0.5, 0.6) is 0 Å². The summed E-state index contributed by atoms with van der Waals surface area (Å²) < 4.78 is 25.0. The fourth-order valence-corrected chi connectivity index (χ4v) is 4.55. The first-order valence-corrected chi connectivity index (χ1v) is 13.0. The molecule has 11 nitrogen and oxygen atoms in total. The molecule has 3 N–H and O–H groups in total. The maximum Gasteiger partial charge on any atom is 0.238 e. The summed E-state index contributed by atoms with van der Waals surface area (Å²) in [7, 11) is -1.91. The first-order chi connectivity index (χ1) is 17.8. The van der Waals surface area contributed by atoms with Crippen molar-refractivity contribution in [2.24, 2.45) is 5.14 Å². The SMILES string of the molecule is CC(Cc1cccc(S(N)(=O)=O)c1)Nc1nccc(N(C)c2nc(-c3ccccc3)cc3ncnn23)n1. The zero-order valence-electron chi connectivity index (χ0n) is 20.2. The highest BCUT2D eigenvalue weighted by atomic mass is 32.2. The molecule has 3 heterocycles. The van der Waals surface area contributed by atoms with E-state index in [1.165, 1.54) is 12.4 Å². The Kier molecular flexibility index (Phi) is 6.51. The number of nitrogens with one attached hydrogen (secondary N) is 1. The molecule has 3 aromatic heterocycles. The molecule has 188 valence electrons. The maximum absolute atomic E-state index is 11.7. The van der Waals surface area contributed by atoms with Gasteiger partial charge in [0.05, 0.1) is 10.6 Å². The molecule has 0 spiro atoms. The van der Waals surface area contributed by atoms with Crippen molar-refractivity contribution in [1.29, 1.82) is 0 Å². The van der Waals surface area contributed by atoms with Crippen molar-refractivity contribution >= 4 is 33.4 Å². The molecule has 37 heavy (non-hydrogen) atoms. The van der Waals surface area contributed by atoms with Crippen LogP contribution in [0.4, 0.5) is 17.7 Å². The van der Waals surface area contributed by atoms with Gasteiger partial charge < -0.3 is 5.32 Å². The highest BCUT2D eigenvalue weighted by Crippen LogP contribution is 2.26. The molecule has 1 unspecified atom stereocenters. The Bertz CT molecular complexity index is 1660. The van der Waals surface area contributed by atoms with E-state index in [2.05, 4.69) is 25.4 Å². The lowest BCUT2D eigenvalue weighted by molar-refractivity contribution is 0.597. The molecule has 12 heteroatoms. The standard InChI is InChI=1S/C25H25N9O2S/c1-17(13-18-7-6-10-20(14-18)37(26,35)36)30-24-27-12-11-22(32-24)33(2)25-31-21(19-8-4-3-5-9-19)15-23-28-16-29-34(23)25/h3-12,14-17H,13H2,1-2H3,(H2,26,35,36)(H,27,30,32). The van der Waals surface area contributed by atoms with Crippen LogP contribution in [0.3, 0.4) is 0 Å². The first-order valence-electron chi connectivity index (χ1n) is 11.5. The summed E-state index contributed by atoms with van der Waals surface area (Å²) in [5.41, 5.74) is 3.23. The van der Waals surface area contributed by atoms with Crippen LogP contribution in [0.1, 0.15) is 12.5 Å². The number of hydrogen-bond donors (Lipinski definition) is 2. The van der Waals surface area contributed by atoms with Crippen LogP contribution < -0.4 is 15.4 Å². The van der Waals surface area contributed by atoms with Crippen LogP contribution in [0.15, 0.2) is 84.1 Å². The second-order valence-electron chi connectivity index (χ2n) is 8.58. The van der Waals surface area contributed by atoms with Gasteiger partial charge in [-0.1, -0.05) is 42.5 Å². The van der Waals surface area contributed by atoms with Gasteiger partial charge in [0.25, 0.3) is 0 Å². The molecule has 0 fully saturated rings. The minimum Gasteiger partial charge on any atom is -0.351 e. The third-order valence-corrected chi connectivity index (χ3v) is 6.66. The molecule has 1 atom stereocenters. The third-order valence-electron chi connectivity index (χ3n) is 5.75. The van der Waals surface area contributed by atoms with Gasteiger partial charge >= 0.3 is 0 Å². The second kappa shape index (κ2) is 9.91. The summed E-state index contributed by atoms with van der Waals surface area (Å²) in [6, 6.07) is 20.0. The molecule has 0 radical (unpaired) electrons. The molecule has 0 saturated heterocycles. The highest BCUT2D eigenvalue weighted by Gasteiger charge is 2.17. The van der Waals surface area contributed by atoms with Crippen molar-refractivity contribution < 1.29 is 8.42 Å². The van der Waals surface area contributed by atoms with E-state index in [9.17, 15) is 8.42 Å². The normalized spacial score (nSPS) is 12.4. The van der Waals surface area contributed by atoms with Gasteiger partial charge in [0.1, 0.15) is 12.1 Å². The Labute approximate surface area is 214 Å². The van der Waals surface area contributed by atoms with Crippen molar-refractivity contribution in [1.82, 2.24) is 29.5 Å². The summed E-state index contributed by atoms with van der Waals surface area (Å²) in [6.07, 6.45) is 3.70. The largest absolute Gasteiger partial charge is 0.351 e. The number of nitrogens with two attached hydrogens (primary N) is 1. The lowest BCUT2D eigenvalue weighted by Gasteiger charge is -2.20. The number of fused-ring (bicyclic) bond motifs is 1. The fraction of sp³-hybridized carbons (Fsp3) is 0.160. The van der Waals surface area contributed by atoms with E-state index in [0.29, 0.717) is 29.8 Å². The lowest BCUT2D eigenvalue weighted by Crippen LogP contribution is -2.22. The minimum atomic E-state index is -3.76. The van der Waals surface area contributed by atoms with Crippen molar-refractivity contribution in [3.8, 4) is 11.3 Å². The Morgan fingerprint density at radius 1 is 1.03 bits per heavy atom. The van der Waals surface area contributed by atoms with Crippen LogP contribution in [0.2, 0.25) is 0 Å². The van der Waals surface area contributed by atoms with Gasteiger partial charge in [-0.2, -0.15) is 14.6 Å². The van der Waals surface area contributed by atoms with E-state index in [1.54, 1.807) is 28.9 Å². The Morgan fingerprint density at radius 2 is 1.84 bits per heavy atom. The molecule has 5 aromatic rings. The number of nitrogens with zero attached hydrogens (tertiary/aromatic N) is 7. The molecule has 0 aliphatic heterocycles. The van der Waals surface area contributed by atoms with E-state index >= 15 is 0 Å². The second-order valence-corrected chi connectivity index (χ2v) is 10.1. The smallest absolute Gasteiger partial charge is 0.238 e. The lowest BCUT2D eigenvalue weighted by atomic mass is 10.1. The maximum atomic E-state index is 11.7. The Balaban J connectivity index is 1.39. The van der Waals surface area contributed by atoms with Crippen molar-refractivity contribution in [2.45, 2.75) is 24.3 Å². The van der Waals surface area contributed by atoms with E-state index < -0.39 is 10.0 Å². The van der Waals surface area contributed by atoms with Gasteiger partial charge in [0, 0.05) is 30.9 Å². The molecule has 0 aliphatic carbocycles. The third kappa shape index (κ3) is 5.39. The van der Waals surface area contributed by atoms with Gasteiger partial charge in [0.2, 0.25) is 21.9 Å². The van der Waals surface area contributed by atoms with Crippen LogP contribution in [0.25, 0.3) is 16.9 Å². The molecule has 0 saturated carbocycles. The quantitative estimate of drug-likeness (QED) is 0.318. The summed E-state index contributed by atoms with van der Waals surface area (Å²) in [5.74, 6) is 1.58. The van der Waals surface area contributed by atoms with Gasteiger partial charge in [-0.05, 0) is 37.1 Å². The monoisotopic (exact) mass is 515 g/mol. The van der Waals surface area contributed by atoms with Crippen LogP contribution in [-0.2, 0) is 16.4 Å². The number of sulfonamides is 1. The number of hydrogen-bond acceptors (Lipinski definition) is 9. The van der Waals surface area contributed by atoms with E-state index in [0.717, 1.165) is 16.8 Å². The number of aromatic nitrogens is 6. The fourth-order valence-electron chi connectivity index (χ4n) is 3.97.